The number of H-pyrrole nitrogens is 1. The Labute approximate surface area is 160 Å². The maximum atomic E-state index is 13.2. The molecule has 2 aromatic carbocycles. The molecule has 0 aliphatic carbocycles. The number of fused-ring (bicyclic) bond motifs is 1. The molecule has 8 nitrogen and oxygen atoms in total. The highest BCUT2D eigenvalue weighted by Crippen LogP contribution is 2.24. The summed E-state index contributed by atoms with van der Waals surface area (Å²) in [4.78, 5) is 17.9. The van der Waals surface area contributed by atoms with Gasteiger partial charge in [0.25, 0.3) is 5.56 Å². The highest BCUT2D eigenvalue weighted by molar-refractivity contribution is 7.90. The van der Waals surface area contributed by atoms with E-state index in [1.54, 1.807) is 12.1 Å². The minimum absolute atomic E-state index is 0.0762. The average molecular weight is 395 g/mol. The standard InChI is InChI=1S/C19H17N5O3S/c1-11-3-7-13(8-4-11)24-18(12-5-9-14(10-6-12)28(2,26)27)21-17-15(19(24)25)16(20)22-23-17/h3-10H,1-2H3,(H3,20,22,23). The van der Waals surface area contributed by atoms with Crippen LogP contribution in [0, 0.1) is 6.92 Å². The minimum Gasteiger partial charge on any atom is -0.381 e. The molecule has 0 bridgehead atoms. The molecule has 142 valence electrons. The van der Waals surface area contributed by atoms with Gasteiger partial charge in [0.15, 0.2) is 21.3 Å². The molecule has 0 saturated carbocycles. The van der Waals surface area contributed by atoms with E-state index < -0.39 is 9.84 Å². The van der Waals surface area contributed by atoms with Gasteiger partial charge in [0.1, 0.15) is 11.2 Å². The second-order valence-corrected chi connectivity index (χ2v) is 8.56. The summed E-state index contributed by atoms with van der Waals surface area (Å²) in [6.45, 7) is 1.95. The summed E-state index contributed by atoms with van der Waals surface area (Å²) in [6, 6.07) is 13.6. The molecule has 0 saturated heterocycles. The Morgan fingerprint density at radius 3 is 2.29 bits per heavy atom. The molecule has 0 spiro atoms. The quantitative estimate of drug-likeness (QED) is 0.547. The third-order valence-electron chi connectivity index (χ3n) is 4.45. The molecule has 9 heteroatoms. The summed E-state index contributed by atoms with van der Waals surface area (Å²) < 4.78 is 24.9. The fourth-order valence-electron chi connectivity index (χ4n) is 2.98. The lowest BCUT2D eigenvalue weighted by molar-refractivity contribution is 0.602. The van der Waals surface area contributed by atoms with Crippen molar-refractivity contribution in [1.82, 2.24) is 19.7 Å². The lowest BCUT2D eigenvalue weighted by Gasteiger charge is -2.13. The second-order valence-electron chi connectivity index (χ2n) is 6.54. The first-order valence-electron chi connectivity index (χ1n) is 8.40. The molecule has 0 amide bonds. The number of nitrogens with two attached hydrogens (primary N) is 1. The Balaban J connectivity index is 2.03. The molecular formula is C19H17N5O3S. The van der Waals surface area contributed by atoms with Crippen molar-refractivity contribution in [1.29, 1.82) is 0 Å². The van der Waals surface area contributed by atoms with E-state index in [4.69, 9.17) is 5.73 Å². The highest BCUT2D eigenvalue weighted by Gasteiger charge is 2.18. The van der Waals surface area contributed by atoms with Crippen LogP contribution in [0.4, 0.5) is 5.82 Å². The Kier molecular flexibility index (Phi) is 4.04. The minimum atomic E-state index is -3.33. The summed E-state index contributed by atoms with van der Waals surface area (Å²) in [7, 11) is -3.33. The monoisotopic (exact) mass is 395 g/mol. The van der Waals surface area contributed by atoms with Crippen LogP contribution in [0.2, 0.25) is 0 Å². The lowest BCUT2D eigenvalue weighted by atomic mass is 10.1. The van der Waals surface area contributed by atoms with E-state index in [9.17, 15) is 13.2 Å². The van der Waals surface area contributed by atoms with Crippen molar-refractivity contribution in [2.45, 2.75) is 11.8 Å². The van der Waals surface area contributed by atoms with Gasteiger partial charge in [-0.3, -0.25) is 14.5 Å². The molecule has 0 fully saturated rings. The van der Waals surface area contributed by atoms with Crippen molar-refractivity contribution in [2.75, 3.05) is 12.0 Å². The number of aromatic amines is 1. The smallest absolute Gasteiger partial charge is 0.271 e. The number of nitrogens with one attached hydrogen (secondary N) is 1. The molecule has 28 heavy (non-hydrogen) atoms. The topological polar surface area (TPSA) is 124 Å². The number of benzene rings is 2. The maximum absolute atomic E-state index is 13.2. The number of nitrogens with zero attached hydrogens (tertiary/aromatic N) is 3. The normalized spacial score (nSPS) is 11.8. The van der Waals surface area contributed by atoms with E-state index in [2.05, 4.69) is 15.2 Å². The van der Waals surface area contributed by atoms with Crippen LogP contribution in [0.25, 0.3) is 28.1 Å². The van der Waals surface area contributed by atoms with E-state index >= 15 is 0 Å². The number of aromatic nitrogens is 4. The van der Waals surface area contributed by atoms with Crippen molar-refractivity contribution < 1.29 is 8.42 Å². The van der Waals surface area contributed by atoms with Crippen LogP contribution in [-0.4, -0.2) is 34.4 Å². The van der Waals surface area contributed by atoms with Crippen LogP contribution >= 0.6 is 0 Å². The number of sulfone groups is 1. The van der Waals surface area contributed by atoms with Crippen molar-refractivity contribution in [3.63, 3.8) is 0 Å². The molecule has 0 atom stereocenters. The summed E-state index contributed by atoms with van der Waals surface area (Å²) in [5.41, 5.74) is 8.01. The SMILES string of the molecule is Cc1ccc(-n2c(-c3ccc(S(C)(=O)=O)cc3)nc3[nH]nc(N)c3c2=O)cc1. The molecule has 2 heterocycles. The van der Waals surface area contributed by atoms with Gasteiger partial charge in [0.05, 0.1) is 10.6 Å². The predicted molar refractivity (Wildman–Crippen MR) is 107 cm³/mol. The fraction of sp³-hybridized carbons (Fsp3) is 0.105. The van der Waals surface area contributed by atoms with E-state index in [1.807, 2.05) is 31.2 Å². The Bertz CT molecular complexity index is 1350. The van der Waals surface area contributed by atoms with Gasteiger partial charge in [-0.05, 0) is 43.3 Å². The van der Waals surface area contributed by atoms with Gasteiger partial charge < -0.3 is 5.73 Å². The third kappa shape index (κ3) is 2.95. The Hall–Kier alpha value is -3.46. The van der Waals surface area contributed by atoms with E-state index in [1.165, 1.54) is 16.7 Å². The van der Waals surface area contributed by atoms with Crippen LogP contribution < -0.4 is 11.3 Å². The van der Waals surface area contributed by atoms with E-state index in [0.29, 0.717) is 17.1 Å². The van der Waals surface area contributed by atoms with Gasteiger partial charge in [-0.2, -0.15) is 5.10 Å². The Morgan fingerprint density at radius 2 is 1.68 bits per heavy atom. The molecule has 0 aliphatic heterocycles. The number of anilines is 1. The summed E-state index contributed by atoms with van der Waals surface area (Å²) in [5.74, 6) is 0.428. The van der Waals surface area contributed by atoms with Crippen LogP contribution in [0.15, 0.2) is 58.2 Å². The van der Waals surface area contributed by atoms with Crippen LogP contribution in [0.1, 0.15) is 5.56 Å². The van der Waals surface area contributed by atoms with Gasteiger partial charge >= 0.3 is 0 Å². The van der Waals surface area contributed by atoms with Crippen molar-refractivity contribution in [3.05, 3.63) is 64.4 Å². The van der Waals surface area contributed by atoms with Gasteiger partial charge in [-0.15, -0.1) is 0 Å². The van der Waals surface area contributed by atoms with Crippen LogP contribution in [0.3, 0.4) is 0 Å². The zero-order valence-electron chi connectivity index (χ0n) is 15.2. The van der Waals surface area contributed by atoms with Crippen molar-refractivity contribution >= 4 is 26.7 Å². The number of nitrogen functional groups attached to an aromatic ring is 1. The molecule has 0 radical (unpaired) electrons. The number of hydrogen-bond acceptors (Lipinski definition) is 6. The van der Waals surface area contributed by atoms with Gasteiger partial charge in [0.2, 0.25) is 0 Å². The van der Waals surface area contributed by atoms with Crippen LogP contribution in [0.5, 0.6) is 0 Å². The molecule has 4 aromatic rings. The number of rotatable bonds is 3. The molecule has 0 unspecified atom stereocenters. The summed E-state index contributed by atoms with van der Waals surface area (Å²) >= 11 is 0. The van der Waals surface area contributed by atoms with Crippen molar-refractivity contribution in [3.8, 4) is 17.1 Å². The zero-order valence-corrected chi connectivity index (χ0v) is 16.0. The zero-order chi connectivity index (χ0) is 20.1. The van der Waals surface area contributed by atoms with Gasteiger partial charge in [-0.1, -0.05) is 17.7 Å². The summed E-state index contributed by atoms with van der Waals surface area (Å²) in [5, 5.41) is 6.76. The van der Waals surface area contributed by atoms with Gasteiger partial charge in [-0.25, -0.2) is 13.4 Å². The second kappa shape index (κ2) is 6.31. The maximum Gasteiger partial charge on any atom is 0.271 e. The summed E-state index contributed by atoms with van der Waals surface area (Å²) in [6.07, 6.45) is 1.14. The Morgan fingerprint density at radius 1 is 1.04 bits per heavy atom. The van der Waals surface area contributed by atoms with Gasteiger partial charge in [0, 0.05) is 11.8 Å². The number of aryl methyl sites for hydroxylation is 1. The molecular weight excluding hydrogens is 378 g/mol. The first-order chi connectivity index (χ1) is 13.3. The predicted octanol–water partition coefficient (Wildman–Crippen LogP) is 2.07. The van der Waals surface area contributed by atoms with Crippen LogP contribution in [-0.2, 0) is 9.84 Å². The fourth-order valence-corrected chi connectivity index (χ4v) is 3.61. The van der Waals surface area contributed by atoms with E-state index in [-0.39, 0.29) is 27.3 Å². The lowest BCUT2D eigenvalue weighted by Crippen LogP contribution is -2.22. The average Bonchev–Trinajstić information content (AvgIpc) is 3.03. The highest BCUT2D eigenvalue weighted by atomic mass is 32.2. The molecule has 0 aliphatic rings. The van der Waals surface area contributed by atoms with E-state index in [0.717, 1.165) is 11.8 Å². The molecule has 4 rings (SSSR count). The third-order valence-corrected chi connectivity index (χ3v) is 5.58. The first-order valence-corrected chi connectivity index (χ1v) is 10.3. The first kappa shape index (κ1) is 17.9. The molecule has 2 aromatic heterocycles. The number of hydrogen-bond donors (Lipinski definition) is 2. The largest absolute Gasteiger partial charge is 0.381 e. The van der Waals surface area contributed by atoms with Crippen molar-refractivity contribution in [2.24, 2.45) is 0 Å². The molecule has 3 N–H and O–H groups in total.